The summed E-state index contributed by atoms with van der Waals surface area (Å²) in [5.74, 6) is 1.63. The van der Waals surface area contributed by atoms with Gasteiger partial charge in [-0.05, 0) is 37.6 Å². The monoisotopic (exact) mass is 417 g/mol. The number of nitrogens with one attached hydrogen (secondary N) is 1. The lowest BCUT2D eigenvalue weighted by atomic mass is 10.1. The molecule has 2 aromatic rings. The smallest absolute Gasteiger partial charge is 0.251 e. The van der Waals surface area contributed by atoms with Crippen molar-refractivity contribution < 1.29 is 4.79 Å². The van der Waals surface area contributed by atoms with E-state index in [0.29, 0.717) is 21.9 Å². The van der Waals surface area contributed by atoms with Crippen LogP contribution in [0.2, 0.25) is 5.15 Å². The second-order valence-corrected chi connectivity index (χ2v) is 8.68. The van der Waals surface area contributed by atoms with Gasteiger partial charge in [-0.2, -0.15) is 0 Å². The number of halogens is 1. The third-order valence-corrected chi connectivity index (χ3v) is 6.10. The molecule has 28 heavy (non-hydrogen) atoms. The predicted molar refractivity (Wildman–Crippen MR) is 113 cm³/mol. The number of thioether (sulfide) groups is 1. The Bertz CT molecular complexity index is 835. The Morgan fingerprint density at radius 2 is 1.89 bits per heavy atom. The minimum absolute atomic E-state index is 0.0108. The van der Waals surface area contributed by atoms with Gasteiger partial charge in [-0.25, -0.2) is 9.97 Å². The van der Waals surface area contributed by atoms with Crippen molar-refractivity contribution in [2.45, 2.75) is 29.8 Å². The van der Waals surface area contributed by atoms with Crippen LogP contribution in [0.25, 0.3) is 0 Å². The van der Waals surface area contributed by atoms with Crippen molar-refractivity contribution in [3.8, 4) is 0 Å². The summed E-state index contributed by atoms with van der Waals surface area (Å²) in [6.07, 6.45) is 2.19. The Balaban J connectivity index is 1.37. The minimum atomic E-state index is 0.0108. The van der Waals surface area contributed by atoms with E-state index in [-0.39, 0.29) is 5.91 Å². The van der Waals surface area contributed by atoms with Crippen LogP contribution in [0, 0.1) is 0 Å². The van der Waals surface area contributed by atoms with Gasteiger partial charge in [0.05, 0.1) is 0 Å². The van der Waals surface area contributed by atoms with Crippen LogP contribution in [0.15, 0.2) is 35.5 Å². The Morgan fingerprint density at radius 3 is 2.57 bits per heavy atom. The van der Waals surface area contributed by atoms with Crippen molar-refractivity contribution in [3.05, 3.63) is 46.6 Å². The van der Waals surface area contributed by atoms with E-state index in [0.717, 1.165) is 56.2 Å². The summed E-state index contributed by atoms with van der Waals surface area (Å²) in [6.45, 7) is 3.92. The van der Waals surface area contributed by atoms with Gasteiger partial charge >= 0.3 is 0 Å². The van der Waals surface area contributed by atoms with Gasteiger partial charge in [-0.1, -0.05) is 35.5 Å². The number of carbonyl (C=O) groups excluding carboxylic acids is 1. The maximum Gasteiger partial charge on any atom is 0.251 e. The van der Waals surface area contributed by atoms with Gasteiger partial charge in [-0.3, -0.25) is 4.79 Å². The summed E-state index contributed by atoms with van der Waals surface area (Å²) >= 11 is 7.79. The molecule has 0 spiro atoms. The van der Waals surface area contributed by atoms with Crippen LogP contribution in [0.1, 0.15) is 28.8 Å². The van der Waals surface area contributed by atoms with Gasteiger partial charge in [0.2, 0.25) is 0 Å². The quantitative estimate of drug-likeness (QED) is 0.443. The van der Waals surface area contributed by atoms with E-state index >= 15 is 0 Å². The average molecular weight is 418 g/mol. The number of hydrogen-bond acceptors (Lipinski definition) is 6. The van der Waals surface area contributed by atoms with Crippen molar-refractivity contribution >= 4 is 35.1 Å². The fourth-order valence-electron chi connectivity index (χ4n) is 3.04. The largest absolute Gasteiger partial charge is 0.354 e. The zero-order valence-corrected chi connectivity index (χ0v) is 17.5. The second-order valence-electron chi connectivity index (χ2n) is 7.36. The standard InChI is InChI=1S/C20H24ClN5OS/c1-25-8-10-26(11-9-25)18-12-17(21)23-20(24-18)28-13-14-2-4-15(5-3-14)19(27)22-16-6-7-16/h2-5,12,16H,6-11,13H2,1H3,(H,22,27). The Hall–Kier alpha value is -1.83. The molecule has 1 saturated heterocycles. The number of rotatable bonds is 6. The summed E-state index contributed by atoms with van der Waals surface area (Å²) in [4.78, 5) is 25.7. The second kappa shape index (κ2) is 8.68. The third-order valence-electron chi connectivity index (χ3n) is 4.98. The molecule has 4 rings (SSSR count). The number of hydrogen-bond donors (Lipinski definition) is 1. The number of anilines is 1. The number of likely N-dealkylation sites (N-methyl/N-ethyl adjacent to an activating group) is 1. The van der Waals surface area contributed by atoms with Crippen LogP contribution in [0.4, 0.5) is 5.82 Å². The number of nitrogens with zero attached hydrogens (tertiary/aromatic N) is 4. The number of amides is 1. The first-order valence-electron chi connectivity index (χ1n) is 9.57. The van der Waals surface area contributed by atoms with Crippen molar-refractivity contribution in [2.24, 2.45) is 0 Å². The first kappa shape index (κ1) is 19.5. The fraction of sp³-hybridized carbons (Fsp3) is 0.450. The van der Waals surface area contributed by atoms with E-state index in [4.69, 9.17) is 16.6 Å². The molecule has 6 nitrogen and oxygen atoms in total. The minimum Gasteiger partial charge on any atom is -0.354 e. The molecule has 1 N–H and O–H groups in total. The Morgan fingerprint density at radius 1 is 1.18 bits per heavy atom. The van der Waals surface area contributed by atoms with Crippen LogP contribution < -0.4 is 10.2 Å². The van der Waals surface area contributed by atoms with E-state index in [1.807, 2.05) is 30.3 Å². The molecule has 0 radical (unpaired) electrons. The van der Waals surface area contributed by atoms with Crippen molar-refractivity contribution in [1.29, 1.82) is 0 Å². The Labute approximate surface area is 174 Å². The highest BCUT2D eigenvalue weighted by molar-refractivity contribution is 7.98. The van der Waals surface area contributed by atoms with E-state index in [2.05, 4.69) is 27.1 Å². The van der Waals surface area contributed by atoms with E-state index in [1.54, 1.807) is 11.8 Å². The molecule has 0 bridgehead atoms. The third kappa shape index (κ3) is 5.16. The van der Waals surface area contributed by atoms with Crippen molar-refractivity contribution in [3.63, 3.8) is 0 Å². The van der Waals surface area contributed by atoms with Crippen molar-refractivity contribution in [1.82, 2.24) is 20.2 Å². The summed E-state index contributed by atoms with van der Waals surface area (Å²) in [5, 5.41) is 4.16. The van der Waals surface area contributed by atoms with E-state index in [1.165, 1.54) is 0 Å². The maximum atomic E-state index is 12.1. The predicted octanol–water partition coefficient (Wildman–Crippen LogP) is 3.07. The van der Waals surface area contributed by atoms with Crippen LogP contribution in [-0.2, 0) is 5.75 Å². The molecular weight excluding hydrogens is 394 g/mol. The van der Waals surface area contributed by atoms with Crippen molar-refractivity contribution in [2.75, 3.05) is 38.1 Å². The molecule has 8 heteroatoms. The molecule has 1 saturated carbocycles. The summed E-state index contributed by atoms with van der Waals surface area (Å²) in [6, 6.07) is 9.94. The van der Waals surface area contributed by atoms with E-state index < -0.39 is 0 Å². The number of aromatic nitrogens is 2. The van der Waals surface area contributed by atoms with Gasteiger partial charge < -0.3 is 15.1 Å². The normalized spacial score (nSPS) is 17.6. The molecule has 1 aromatic heterocycles. The average Bonchev–Trinajstić information content (AvgIpc) is 3.51. The Kier molecular flexibility index (Phi) is 6.04. The summed E-state index contributed by atoms with van der Waals surface area (Å²) in [7, 11) is 2.13. The van der Waals surface area contributed by atoms with Gasteiger partial charge in [0.1, 0.15) is 11.0 Å². The molecule has 0 atom stereocenters. The lowest BCUT2D eigenvalue weighted by Gasteiger charge is -2.33. The highest BCUT2D eigenvalue weighted by atomic mass is 35.5. The molecule has 2 fully saturated rings. The molecular formula is C20H24ClN5OS. The first-order valence-corrected chi connectivity index (χ1v) is 10.9. The SMILES string of the molecule is CN1CCN(c2cc(Cl)nc(SCc3ccc(C(=O)NC4CC4)cc3)n2)CC1. The zero-order valence-electron chi connectivity index (χ0n) is 15.9. The molecule has 0 unspecified atom stereocenters. The lowest BCUT2D eigenvalue weighted by molar-refractivity contribution is 0.0951. The summed E-state index contributed by atoms with van der Waals surface area (Å²) in [5.41, 5.74) is 1.83. The van der Waals surface area contributed by atoms with Gasteiger partial charge in [0.15, 0.2) is 5.16 Å². The molecule has 2 aliphatic rings. The molecule has 1 aromatic carbocycles. The van der Waals surface area contributed by atoms with Crippen LogP contribution in [0.5, 0.6) is 0 Å². The molecule has 1 amide bonds. The molecule has 1 aliphatic heterocycles. The van der Waals surface area contributed by atoms with Crippen LogP contribution in [-0.4, -0.2) is 60.0 Å². The molecule has 148 valence electrons. The van der Waals surface area contributed by atoms with E-state index in [9.17, 15) is 4.79 Å². The number of carbonyl (C=O) groups is 1. The molecule has 2 heterocycles. The number of benzene rings is 1. The topological polar surface area (TPSA) is 61.4 Å². The number of piperazine rings is 1. The van der Waals surface area contributed by atoms with Gasteiger partial charge in [0, 0.05) is 49.6 Å². The first-order chi connectivity index (χ1) is 13.6. The summed E-state index contributed by atoms with van der Waals surface area (Å²) < 4.78 is 0. The van der Waals surface area contributed by atoms with Gasteiger partial charge in [0.25, 0.3) is 5.91 Å². The fourth-order valence-corrected chi connectivity index (χ4v) is 4.08. The highest BCUT2D eigenvalue weighted by Gasteiger charge is 2.23. The maximum absolute atomic E-state index is 12.1. The highest BCUT2D eigenvalue weighted by Crippen LogP contribution is 2.25. The van der Waals surface area contributed by atoms with Crippen LogP contribution >= 0.6 is 23.4 Å². The zero-order chi connectivity index (χ0) is 19.5. The van der Waals surface area contributed by atoms with Crippen LogP contribution in [0.3, 0.4) is 0 Å². The molecule has 1 aliphatic carbocycles. The van der Waals surface area contributed by atoms with Gasteiger partial charge in [-0.15, -0.1) is 0 Å². The lowest BCUT2D eigenvalue weighted by Crippen LogP contribution is -2.44.